The van der Waals surface area contributed by atoms with E-state index in [4.69, 9.17) is 5.73 Å². The Labute approximate surface area is 105 Å². The van der Waals surface area contributed by atoms with Crippen LogP contribution in [-0.2, 0) is 0 Å². The second-order valence-corrected chi connectivity index (χ2v) is 5.84. The van der Waals surface area contributed by atoms with E-state index in [-0.39, 0.29) is 0 Å². The number of pyridine rings is 1. The maximum Gasteiger partial charge on any atom is 0.139 e. The molecule has 0 aliphatic heterocycles. The molecule has 2 N–H and O–H groups in total. The molecule has 0 aromatic carbocycles. The van der Waals surface area contributed by atoms with Gasteiger partial charge in [-0.05, 0) is 40.2 Å². The summed E-state index contributed by atoms with van der Waals surface area (Å²) in [7, 11) is 0. The van der Waals surface area contributed by atoms with Gasteiger partial charge in [-0.25, -0.2) is 4.98 Å². The Balaban J connectivity index is 2.28. The van der Waals surface area contributed by atoms with Crippen LogP contribution in [0.3, 0.4) is 0 Å². The molecule has 0 spiro atoms. The average molecular weight is 294 g/mol. The zero-order chi connectivity index (χ0) is 11.1. The third-order valence-corrected chi connectivity index (χ3v) is 4.00. The van der Waals surface area contributed by atoms with Crippen molar-refractivity contribution in [3.63, 3.8) is 0 Å². The highest BCUT2D eigenvalue weighted by atomic mass is 79.9. The molecule has 5 heteroatoms. The van der Waals surface area contributed by atoms with E-state index in [0.29, 0.717) is 5.82 Å². The molecule has 3 nitrogen and oxygen atoms in total. The topological polar surface area (TPSA) is 43.3 Å². The third kappa shape index (κ3) is 1.44. The Hall–Kier alpha value is -1.33. The summed E-state index contributed by atoms with van der Waals surface area (Å²) < 4.78 is 2.97. The van der Waals surface area contributed by atoms with Gasteiger partial charge in [0.05, 0.1) is 8.66 Å². The van der Waals surface area contributed by atoms with Crippen molar-refractivity contribution in [3.05, 3.63) is 40.3 Å². The first-order valence-corrected chi connectivity index (χ1v) is 6.35. The Kier molecular flexibility index (Phi) is 2.22. The zero-order valence-corrected chi connectivity index (χ0v) is 10.6. The van der Waals surface area contributed by atoms with Gasteiger partial charge in [-0.1, -0.05) is 6.07 Å². The van der Waals surface area contributed by atoms with Gasteiger partial charge in [0.2, 0.25) is 0 Å². The predicted molar refractivity (Wildman–Crippen MR) is 70.6 cm³/mol. The minimum absolute atomic E-state index is 0.685. The van der Waals surface area contributed by atoms with Gasteiger partial charge in [-0.3, -0.25) is 4.40 Å². The van der Waals surface area contributed by atoms with Crippen LogP contribution in [0.5, 0.6) is 0 Å². The van der Waals surface area contributed by atoms with Crippen LogP contribution in [0, 0.1) is 0 Å². The van der Waals surface area contributed by atoms with E-state index in [1.807, 2.05) is 40.9 Å². The van der Waals surface area contributed by atoms with Crippen LogP contribution in [0.2, 0.25) is 0 Å². The number of imidazole rings is 1. The van der Waals surface area contributed by atoms with Gasteiger partial charge in [0.1, 0.15) is 17.2 Å². The van der Waals surface area contributed by atoms with Crippen molar-refractivity contribution in [2.75, 3.05) is 5.73 Å². The summed E-state index contributed by atoms with van der Waals surface area (Å²) in [6.07, 6.45) is 1.92. The number of hydrogen-bond donors (Lipinski definition) is 1. The minimum atomic E-state index is 0.685. The first-order valence-electron chi connectivity index (χ1n) is 4.74. The van der Waals surface area contributed by atoms with Crippen molar-refractivity contribution < 1.29 is 0 Å². The monoisotopic (exact) mass is 293 g/mol. The molecule has 3 heterocycles. The molecule has 3 rings (SSSR count). The highest BCUT2D eigenvalue weighted by Gasteiger charge is 2.12. The van der Waals surface area contributed by atoms with Crippen molar-refractivity contribution in [3.8, 4) is 10.6 Å². The highest BCUT2D eigenvalue weighted by molar-refractivity contribution is 9.11. The molecule has 0 saturated carbocycles. The zero-order valence-electron chi connectivity index (χ0n) is 8.22. The van der Waals surface area contributed by atoms with E-state index >= 15 is 0 Å². The number of anilines is 1. The third-order valence-electron chi connectivity index (χ3n) is 2.37. The Morgan fingerprint density at radius 2 is 2.12 bits per heavy atom. The van der Waals surface area contributed by atoms with Crippen LogP contribution >= 0.6 is 27.3 Å². The van der Waals surface area contributed by atoms with Crippen LogP contribution in [0.1, 0.15) is 0 Å². The number of nitrogen functional groups attached to an aromatic ring is 1. The summed E-state index contributed by atoms with van der Waals surface area (Å²) in [4.78, 5) is 5.60. The average Bonchev–Trinajstić information content (AvgIpc) is 2.84. The molecule has 16 heavy (non-hydrogen) atoms. The second-order valence-electron chi connectivity index (χ2n) is 3.38. The van der Waals surface area contributed by atoms with E-state index in [9.17, 15) is 0 Å². The van der Waals surface area contributed by atoms with Gasteiger partial charge < -0.3 is 5.73 Å². The molecule has 0 fully saturated rings. The quantitative estimate of drug-likeness (QED) is 0.747. The minimum Gasteiger partial charge on any atom is -0.383 e. The van der Waals surface area contributed by atoms with E-state index in [1.54, 1.807) is 11.3 Å². The Morgan fingerprint density at radius 1 is 1.25 bits per heavy atom. The molecular weight excluding hydrogens is 286 g/mol. The Morgan fingerprint density at radius 3 is 2.81 bits per heavy atom. The molecule has 80 valence electrons. The summed E-state index contributed by atoms with van der Waals surface area (Å²) in [6, 6.07) is 9.87. The molecule has 0 radical (unpaired) electrons. The number of aromatic nitrogens is 2. The van der Waals surface area contributed by atoms with E-state index in [2.05, 4.69) is 20.9 Å². The summed E-state index contributed by atoms with van der Waals surface area (Å²) >= 11 is 5.07. The number of thiophene rings is 1. The van der Waals surface area contributed by atoms with Crippen LogP contribution in [0.25, 0.3) is 16.2 Å². The molecule has 0 bridgehead atoms. The maximum absolute atomic E-state index is 6.07. The van der Waals surface area contributed by atoms with Crippen LogP contribution in [0.15, 0.2) is 40.3 Å². The normalized spacial score (nSPS) is 11.1. The smallest absolute Gasteiger partial charge is 0.139 e. The SMILES string of the molecule is Nc1c(-c2ccc(Br)s2)nc2ccccn12. The van der Waals surface area contributed by atoms with Gasteiger partial charge >= 0.3 is 0 Å². The molecule has 0 saturated heterocycles. The molecule has 3 aromatic heterocycles. The van der Waals surface area contributed by atoms with Crippen molar-refractivity contribution >= 4 is 38.7 Å². The fourth-order valence-electron chi connectivity index (χ4n) is 1.64. The first kappa shape index (κ1) is 9.86. The predicted octanol–water partition coefficient (Wildman–Crippen LogP) is 3.41. The molecule has 0 unspecified atom stereocenters. The van der Waals surface area contributed by atoms with Crippen LogP contribution < -0.4 is 5.73 Å². The number of hydrogen-bond acceptors (Lipinski definition) is 3. The summed E-state index contributed by atoms with van der Waals surface area (Å²) in [6.45, 7) is 0. The summed E-state index contributed by atoms with van der Waals surface area (Å²) in [5.41, 5.74) is 7.80. The number of fused-ring (bicyclic) bond motifs is 1. The maximum atomic E-state index is 6.07. The first-order chi connectivity index (χ1) is 7.75. The van der Waals surface area contributed by atoms with Gasteiger partial charge in [-0.15, -0.1) is 11.3 Å². The van der Waals surface area contributed by atoms with Crippen molar-refractivity contribution in [2.45, 2.75) is 0 Å². The molecule has 0 amide bonds. The van der Waals surface area contributed by atoms with Gasteiger partial charge in [-0.2, -0.15) is 0 Å². The number of nitrogens with two attached hydrogens (primary N) is 1. The van der Waals surface area contributed by atoms with E-state index in [1.165, 1.54) is 0 Å². The van der Waals surface area contributed by atoms with E-state index < -0.39 is 0 Å². The van der Waals surface area contributed by atoms with Crippen molar-refractivity contribution in [1.82, 2.24) is 9.38 Å². The summed E-state index contributed by atoms with van der Waals surface area (Å²) in [5.74, 6) is 0.685. The lowest BCUT2D eigenvalue weighted by atomic mass is 10.3. The number of halogens is 1. The second kappa shape index (κ2) is 3.61. The lowest BCUT2D eigenvalue weighted by Crippen LogP contribution is -1.92. The molecule has 0 aliphatic rings. The van der Waals surface area contributed by atoms with E-state index in [0.717, 1.165) is 20.0 Å². The van der Waals surface area contributed by atoms with Crippen molar-refractivity contribution in [2.24, 2.45) is 0 Å². The summed E-state index contributed by atoms with van der Waals surface area (Å²) in [5, 5.41) is 0. The van der Waals surface area contributed by atoms with Crippen molar-refractivity contribution in [1.29, 1.82) is 0 Å². The fourth-order valence-corrected chi connectivity index (χ4v) is 3.02. The molecule has 3 aromatic rings. The molecule has 0 atom stereocenters. The lowest BCUT2D eigenvalue weighted by molar-refractivity contribution is 1.20. The standard InChI is InChI=1S/C11H8BrN3S/c12-8-5-4-7(16-8)10-11(13)15-6-2-1-3-9(15)14-10/h1-6H,13H2. The van der Waals surface area contributed by atoms with Crippen LogP contribution in [-0.4, -0.2) is 9.38 Å². The van der Waals surface area contributed by atoms with Gasteiger partial charge in [0.15, 0.2) is 0 Å². The lowest BCUT2D eigenvalue weighted by Gasteiger charge is -1.95. The fraction of sp³-hybridized carbons (Fsp3) is 0. The number of nitrogens with zero attached hydrogens (tertiary/aromatic N) is 2. The largest absolute Gasteiger partial charge is 0.383 e. The molecular formula is C11H8BrN3S. The van der Waals surface area contributed by atoms with Gasteiger partial charge in [0, 0.05) is 6.20 Å². The molecule has 0 aliphatic carbocycles. The van der Waals surface area contributed by atoms with Crippen LogP contribution in [0.4, 0.5) is 5.82 Å². The van der Waals surface area contributed by atoms with Gasteiger partial charge in [0.25, 0.3) is 0 Å². The Bertz CT molecular complexity index is 656. The number of rotatable bonds is 1. The highest BCUT2D eigenvalue weighted by Crippen LogP contribution is 2.34.